The maximum atomic E-state index is 10.9. The number of aliphatic carboxylic acids is 1. The van der Waals surface area contributed by atoms with Gasteiger partial charge in [-0.05, 0) is 37.4 Å². The van der Waals surface area contributed by atoms with Crippen LogP contribution in [0.3, 0.4) is 0 Å². The van der Waals surface area contributed by atoms with Crippen molar-refractivity contribution in [3.8, 4) is 0 Å². The number of nitrogens with one attached hydrogen (secondary N) is 1. The molecule has 1 aromatic rings. The highest BCUT2D eigenvalue weighted by Gasteiger charge is 2.48. The lowest BCUT2D eigenvalue weighted by Crippen LogP contribution is -2.21. The van der Waals surface area contributed by atoms with Gasteiger partial charge in [0.1, 0.15) is 0 Å². The van der Waals surface area contributed by atoms with Crippen molar-refractivity contribution in [1.82, 2.24) is 5.32 Å². The van der Waals surface area contributed by atoms with Crippen LogP contribution in [0.25, 0.3) is 0 Å². The number of benzene rings is 1. The molecule has 3 heteroatoms. The minimum atomic E-state index is -0.668. The second-order valence-electron chi connectivity index (χ2n) is 4.47. The highest BCUT2D eigenvalue weighted by molar-refractivity contribution is 5.73. The number of carbonyl (C=O) groups is 1. The SMILES string of the molecule is CNC(c1ccccc1C)C1CC1C(=O)O. The zero-order valence-electron chi connectivity index (χ0n) is 9.60. The summed E-state index contributed by atoms with van der Waals surface area (Å²) < 4.78 is 0. The van der Waals surface area contributed by atoms with Gasteiger partial charge in [-0.25, -0.2) is 0 Å². The van der Waals surface area contributed by atoms with Crippen molar-refractivity contribution in [3.63, 3.8) is 0 Å². The Morgan fingerprint density at radius 1 is 1.50 bits per heavy atom. The largest absolute Gasteiger partial charge is 0.481 e. The summed E-state index contributed by atoms with van der Waals surface area (Å²) in [5.41, 5.74) is 2.44. The number of carboxylic acids is 1. The molecule has 1 aliphatic rings. The molecule has 0 aromatic heterocycles. The Kier molecular flexibility index (Phi) is 2.97. The van der Waals surface area contributed by atoms with Gasteiger partial charge in [-0.3, -0.25) is 4.79 Å². The van der Waals surface area contributed by atoms with Crippen LogP contribution in [-0.4, -0.2) is 18.1 Å². The van der Waals surface area contributed by atoms with Crippen LogP contribution in [0.2, 0.25) is 0 Å². The predicted octanol–water partition coefficient (Wildman–Crippen LogP) is 1.98. The van der Waals surface area contributed by atoms with Gasteiger partial charge in [0, 0.05) is 6.04 Å². The highest BCUT2D eigenvalue weighted by atomic mass is 16.4. The van der Waals surface area contributed by atoms with E-state index in [1.807, 2.05) is 19.2 Å². The van der Waals surface area contributed by atoms with Crippen LogP contribution in [0, 0.1) is 18.8 Å². The number of hydrogen-bond donors (Lipinski definition) is 2. The molecule has 0 radical (unpaired) electrons. The molecule has 0 amide bonds. The molecule has 1 aliphatic carbocycles. The van der Waals surface area contributed by atoms with Gasteiger partial charge in [0.15, 0.2) is 0 Å². The Bertz CT molecular complexity index is 403. The molecule has 0 bridgehead atoms. The number of carboxylic acid groups (broad SMARTS) is 1. The standard InChI is InChI=1S/C13H17NO2/c1-8-5-3-4-6-9(8)12(14-2)10-7-11(10)13(15)16/h3-6,10-12,14H,7H2,1-2H3,(H,15,16). The molecule has 0 saturated heterocycles. The third-order valence-electron chi connectivity index (χ3n) is 3.42. The Morgan fingerprint density at radius 2 is 2.19 bits per heavy atom. The quantitative estimate of drug-likeness (QED) is 0.814. The number of hydrogen-bond acceptors (Lipinski definition) is 2. The molecule has 1 saturated carbocycles. The first-order valence-corrected chi connectivity index (χ1v) is 5.60. The van der Waals surface area contributed by atoms with Crippen LogP contribution in [0.4, 0.5) is 0 Å². The summed E-state index contributed by atoms with van der Waals surface area (Å²) in [4.78, 5) is 10.9. The van der Waals surface area contributed by atoms with Crippen LogP contribution in [0.5, 0.6) is 0 Å². The van der Waals surface area contributed by atoms with E-state index >= 15 is 0 Å². The zero-order chi connectivity index (χ0) is 11.7. The van der Waals surface area contributed by atoms with E-state index in [0.29, 0.717) is 0 Å². The molecular weight excluding hydrogens is 202 g/mol. The minimum Gasteiger partial charge on any atom is -0.481 e. The fourth-order valence-electron chi connectivity index (χ4n) is 2.40. The molecule has 1 aromatic carbocycles. The van der Waals surface area contributed by atoms with Crippen molar-refractivity contribution < 1.29 is 9.90 Å². The first-order valence-electron chi connectivity index (χ1n) is 5.60. The molecular formula is C13H17NO2. The van der Waals surface area contributed by atoms with Crippen molar-refractivity contribution in [1.29, 1.82) is 0 Å². The van der Waals surface area contributed by atoms with Crippen molar-refractivity contribution in [2.75, 3.05) is 7.05 Å². The monoisotopic (exact) mass is 219 g/mol. The Balaban J connectivity index is 2.19. The Morgan fingerprint density at radius 3 is 2.69 bits per heavy atom. The maximum absolute atomic E-state index is 10.9. The third-order valence-corrected chi connectivity index (χ3v) is 3.42. The lowest BCUT2D eigenvalue weighted by atomic mass is 9.97. The van der Waals surface area contributed by atoms with Crippen molar-refractivity contribution in [2.45, 2.75) is 19.4 Å². The molecule has 0 heterocycles. The number of aryl methyl sites for hydroxylation is 1. The maximum Gasteiger partial charge on any atom is 0.306 e. The van der Waals surface area contributed by atoms with Crippen LogP contribution in [-0.2, 0) is 4.79 Å². The predicted molar refractivity (Wildman–Crippen MR) is 62.2 cm³/mol. The molecule has 1 fully saturated rings. The van der Waals surface area contributed by atoms with E-state index in [4.69, 9.17) is 5.11 Å². The molecule has 0 aliphatic heterocycles. The van der Waals surface area contributed by atoms with Crippen molar-refractivity contribution >= 4 is 5.97 Å². The fourth-order valence-corrected chi connectivity index (χ4v) is 2.40. The average molecular weight is 219 g/mol. The van der Waals surface area contributed by atoms with Crippen LogP contribution < -0.4 is 5.32 Å². The molecule has 0 spiro atoms. The second kappa shape index (κ2) is 4.26. The van der Waals surface area contributed by atoms with E-state index in [0.717, 1.165) is 6.42 Å². The Labute approximate surface area is 95.5 Å². The van der Waals surface area contributed by atoms with E-state index in [2.05, 4.69) is 24.4 Å². The molecule has 3 nitrogen and oxygen atoms in total. The van der Waals surface area contributed by atoms with Gasteiger partial charge in [0.25, 0.3) is 0 Å². The van der Waals surface area contributed by atoms with Gasteiger partial charge >= 0.3 is 5.97 Å². The van der Waals surface area contributed by atoms with E-state index in [1.165, 1.54) is 11.1 Å². The van der Waals surface area contributed by atoms with Gasteiger partial charge in [-0.1, -0.05) is 24.3 Å². The van der Waals surface area contributed by atoms with Gasteiger partial charge in [-0.15, -0.1) is 0 Å². The lowest BCUT2D eigenvalue weighted by molar-refractivity contribution is -0.138. The van der Waals surface area contributed by atoms with E-state index in [1.54, 1.807) is 0 Å². The summed E-state index contributed by atoms with van der Waals surface area (Å²) >= 11 is 0. The summed E-state index contributed by atoms with van der Waals surface area (Å²) in [6.45, 7) is 2.07. The van der Waals surface area contributed by atoms with E-state index in [-0.39, 0.29) is 17.9 Å². The first-order chi connectivity index (χ1) is 7.65. The van der Waals surface area contributed by atoms with Crippen molar-refractivity contribution in [3.05, 3.63) is 35.4 Å². The van der Waals surface area contributed by atoms with Crippen LogP contribution in [0.1, 0.15) is 23.6 Å². The smallest absolute Gasteiger partial charge is 0.306 e. The third kappa shape index (κ3) is 1.95. The molecule has 86 valence electrons. The summed E-state index contributed by atoms with van der Waals surface area (Å²) in [5.74, 6) is -0.598. The van der Waals surface area contributed by atoms with E-state index in [9.17, 15) is 4.79 Å². The second-order valence-corrected chi connectivity index (χ2v) is 4.47. The first kappa shape index (κ1) is 11.1. The molecule has 2 rings (SSSR count). The van der Waals surface area contributed by atoms with Crippen molar-refractivity contribution in [2.24, 2.45) is 11.8 Å². The molecule has 3 unspecified atom stereocenters. The molecule has 16 heavy (non-hydrogen) atoms. The fraction of sp³-hybridized carbons (Fsp3) is 0.462. The van der Waals surface area contributed by atoms with E-state index < -0.39 is 5.97 Å². The molecule has 2 N–H and O–H groups in total. The van der Waals surface area contributed by atoms with Gasteiger partial charge < -0.3 is 10.4 Å². The topological polar surface area (TPSA) is 49.3 Å². The molecule has 3 atom stereocenters. The highest BCUT2D eigenvalue weighted by Crippen LogP contribution is 2.47. The average Bonchev–Trinajstić information content (AvgIpc) is 3.02. The zero-order valence-corrected chi connectivity index (χ0v) is 9.60. The number of rotatable bonds is 4. The summed E-state index contributed by atoms with van der Waals surface area (Å²) in [6, 6.07) is 8.33. The van der Waals surface area contributed by atoms with Gasteiger partial charge in [0.05, 0.1) is 5.92 Å². The van der Waals surface area contributed by atoms with Crippen LogP contribution in [0.15, 0.2) is 24.3 Å². The Hall–Kier alpha value is -1.35. The summed E-state index contributed by atoms with van der Waals surface area (Å²) in [7, 11) is 1.90. The normalized spacial score (nSPS) is 25.1. The summed E-state index contributed by atoms with van der Waals surface area (Å²) in [5, 5.41) is 12.2. The lowest BCUT2D eigenvalue weighted by Gasteiger charge is -2.18. The van der Waals surface area contributed by atoms with Gasteiger partial charge in [-0.2, -0.15) is 0 Å². The van der Waals surface area contributed by atoms with Gasteiger partial charge in [0.2, 0.25) is 0 Å². The van der Waals surface area contributed by atoms with Crippen LogP contribution >= 0.6 is 0 Å². The summed E-state index contributed by atoms with van der Waals surface area (Å²) in [6.07, 6.45) is 0.787. The minimum absolute atomic E-state index is 0.169.